The second kappa shape index (κ2) is 13.9. The highest BCUT2D eigenvalue weighted by molar-refractivity contribution is 6.35. The molecule has 3 aromatic rings. The van der Waals surface area contributed by atoms with E-state index in [9.17, 15) is 19.2 Å². The minimum atomic E-state index is -0.847. The molecule has 0 aliphatic carbocycles. The molecule has 3 amide bonds. The van der Waals surface area contributed by atoms with Crippen molar-refractivity contribution in [2.24, 2.45) is 5.92 Å². The van der Waals surface area contributed by atoms with Crippen molar-refractivity contribution < 1.29 is 19.2 Å². The molecular weight excluding hydrogens is 516 g/mol. The lowest BCUT2D eigenvalue weighted by atomic mass is 9.93. The first-order valence-electron chi connectivity index (χ1n) is 13.6. The van der Waals surface area contributed by atoms with Crippen LogP contribution in [0.1, 0.15) is 40.7 Å². The predicted octanol–water partition coefficient (Wildman–Crippen LogP) is 4.04. The quantitative estimate of drug-likeness (QED) is 0.238. The fourth-order valence-corrected chi connectivity index (χ4v) is 4.81. The normalized spacial score (nSPS) is 15.6. The summed E-state index contributed by atoms with van der Waals surface area (Å²) in [6.45, 7) is 2.97. The summed E-state index contributed by atoms with van der Waals surface area (Å²) in [6, 6.07) is 23.4. The molecule has 208 valence electrons. The first-order chi connectivity index (χ1) is 19.9. The number of hydrogen-bond acceptors (Lipinski definition) is 5. The van der Waals surface area contributed by atoms with Gasteiger partial charge in [0.1, 0.15) is 0 Å². The predicted molar refractivity (Wildman–Crippen MR) is 157 cm³/mol. The van der Waals surface area contributed by atoms with Crippen molar-refractivity contribution in [2.45, 2.75) is 25.8 Å². The smallest absolute Gasteiger partial charge is 0.309 e. The van der Waals surface area contributed by atoms with Crippen LogP contribution >= 0.6 is 0 Å². The third-order valence-corrected chi connectivity index (χ3v) is 7.10. The summed E-state index contributed by atoms with van der Waals surface area (Å²) in [5.74, 6) is -2.26. The monoisotopic (exact) mass is 548 g/mol. The highest BCUT2D eigenvalue weighted by Gasteiger charge is 2.24. The molecule has 0 bridgehead atoms. The maximum absolute atomic E-state index is 13.1. The summed E-state index contributed by atoms with van der Waals surface area (Å²) in [4.78, 5) is 51.3. The van der Waals surface area contributed by atoms with Crippen LogP contribution in [0.2, 0.25) is 0 Å². The molecule has 0 radical (unpaired) electrons. The Hall–Kier alpha value is -5.03. The lowest BCUT2D eigenvalue weighted by molar-refractivity contribution is -0.139. The van der Waals surface area contributed by atoms with E-state index in [2.05, 4.69) is 41.0 Å². The van der Waals surface area contributed by atoms with Gasteiger partial charge in [0.05, 0.1) is 12.0 Å². The Balaban J connectivity index is 1.29. The Morgan fingerprint density at radius 3 is 2.51 bits per heavy atom. The Morgan fingerprint density at radius 1 is 0.976 bits per heavy atom. The van der Waals surface area contributed by atoms with Crippen molar-refractivity contribution in [1.82, 2.24) is 15.5 Å². The summed E-state index contributed by atoms with van der Waals surface area (Å²) < 4.78 is 0. The van der Waals surface area contributed by atoms with E-state index < -0.39 is 11.8 Å². The standard InChI is InChI=1S/C33H32N4O4/c1-23(27-13-6-10-25-8-2-4-11-28(25)27)15-16-30(38)29-12-5-3-9-26(29)21-36-33(41)32(40)35-18-7-14-31(39)37-19-17-24(20-34)22-37/h2-16,23-24H,17-19,21-22H2,1H3,(H,35,40)(H,36,41)/b14-7+,16-15?. The molecule has 0 saturated carbocycles. The third-order valence-electron chi connectivity index (χ3n) is 7.10. The highest BCUT2D eigenvalue weighted by atomic mass is 16.2. The minimum absolute atomic E-state index is 0.00225. The number of likely N-dealkylation sites (tertiary alicyclic amines) is 1. The van der Waals surface area contributed by atoms with Crippen molar-refractivity contribution >= 4 is 34.3 Å². The number of rotatable bonds is 9. The van der Waals surface area contributed by atoms with E-state index in [0.29, 0.717) is 30.6 Å². The average Bonchev–Trinajstić information content (AvgIpc) is 3.50. The number of ketones is 1. The summed E-state index contributed by atoms with van der Waals surface area (Å²) in [5, 5.41) is 16.2. The highest BCUT2D eigenvalue weighted by Crippen LogP contribution is 2.26. The van der Waals surface area contributed by atoms with E-state index >= 15 is 0 Å². The van der Waals surface area contributed by atoms with E-state index in [1.807, 2.05) is 31.2 Å². The van der Waals surface area contributed by atoms with Gasteiger partial charge in [-0.3, -0.25) is 19.2 Å². The van der Waals surface area contributed by atoms with Crippen LogP contribution in [0.15, 0.2) is 91.0 Å². The largest absolute Gasteiger partial charge is 0.344 e. The number of nitriles is 1. The second-order valence-corrected chi connectivity index (χ2v) is 9.93. The number of carbonyl (C=O) groups excluding carboxylic acids is 4. The van der Waals surface area contributed by atoms with E-state index in [1.54, 1.807) is 35.2 Å². The molecule has 1 aliphatic heterocycles. The molecule has 3 aromatic carbocycles. The van der Waals surface area contributed by atoms with Crippen LogP contribution in [0.4, 0.5) is 0 Å². The van der Waals surface area contributed by atoms with Crippen molar-refractivity contribution in [3.63, 3.8) is 0 Å². The van der Waals surface area contributed by atoms with Crippen molar-refractivity contribution in [3.05, 3.63) is 108 Å². The van der Waals surface area contributed by atoms with Gasteiger partial charge in [-0.15, -0.1) is 0 Å². The van der Waals surface area contributed by atoms with Gasteiger partial charge in [-0.2, -0.15) is 5.26 Å². The molecule has 1 heterocycles. The summed E-state index contributed by atoms with van der Waals surface area (Å²) >= 11 is 0. The molecule has 0 spiro atoms. The molecule has 4 rings (SSSR count). The fraction of sp³-hybridized carbons (Fsp3) is 0.242. The maximum Gasteiger partial charge on any atom is 0.309 e. The number of hydrogen-bond donors (Lipinski definition) is 2. The molecule has 1 fully saturated rings. The molecule has 1 saturated heterocycles. The summed E-state index contributed by atoms with van der Waals surface area (Å²) in [5.41, 5.74) is 2.16. The first-order valence-corrected chi connectivity index (χ1v) is 13.6. The lowest BCUT2D eigenvalue weighted by Gasteiger charge is -2.12. The molecule has 2 unspecified atom stereocenters. The van der Waals surface area contributed by atoms with Crippen LogP contribution in [0.25, 0.3) is 10.8 Å². The number of nitrogens with zero attached hydrogens (tertiary/aromatic N) is 2. The van der Waals surface area contributed by atoms with Crippen molar-refractivity contribution in [3.8, 4) is 6.07 Å². The van der Waals surface area contributed by atoms with Crippen LogP contribution in [0.5, 0.6) is 0 Å². The lowest BCUT2D eigenvalue weighted by Crippen LogP contribution is -2.39. The van der Waals surface area contributed by atoms with Crippen LogP contribution in [-0.4, -0.2) is 48.0 Å². The maximum atomic E-state index is 13.1. The molecule has 1 aliphatic rings. The summed E-state index contributed by atoms with van der Waals surface area (Å²) in [7, 11) is 0. The van der Waals surface area contributed by atoms with Crippen LogP contribution < -0.4 is 10.6 Å². The number of benzene rings is 3. The molecule has 8 heteroatoms. The Bertz CT molecular complexity index is 1550. The second-order valence-electron chi connectivity index (χ2n) is 9.93. The third kappa shape index (κ3) is 7.55. The van der Waals surface area contributed by atoms with Gasteiger partial charge in [0.15, 0.2) is 5.78 Å². The summed E-state index contributed by atoms with van der Waals surface area (Å²) in [6.07, 6.45) is 6.87. The van der Waals surface area contributed by atoms with Crippen LogP contribution in [0.3, 0.4) is 0 Å². The zero-order valence-electron chi connectivity index (χ0n) is 22.9. The zero-order valence-corrected chi connectivity index (χ0v) is 22.9. The number of amides is 3. The molecule has 2 atom stereocenters. The van der Waals surface area contributed by atoms with E-state index in [1.165, 1.54) is 12.2 Å². The molecule has 8 nitrogen and oxygen atoms in total. The van der Waals surface area contributed by atoms with Gasteiger partial charge in [-0.1, -0.05) is 85.8 Å². The van der Waals surface area contributed by atoms with E-state index in [-0.39, 0.29) is 36.6 Å². The van der Waals surface area contributed by atoms with Crippen molar-refractivity contribution in [2.75, 3.05) is 19.6 Å². The Kier molecular flexibility index (Phi) is 9.79. The van der Waals surface area contributed by atoms with Gasteiger partial charge in [0.25, 0.3) is 0 Å². The minimum Gasteiger partial charge on any atom is -0.344 e. The van der Waals surface area contributed by atoms with Gasteiger partial charge in [-0.05, 0) is 34.4 Å². The van der Waals surface area contributed by atoms with Gasteiger partial charge in [0, 0.05) is 43.7 Å². The van der Waals surface area contributed by atoms with Crippen LogP contribution in [0, 0.1) is 17.2 Å². The average molecular weight is 549 g/mol. The van der Waals surface area contributed by atoms with Gasteiger partial charge in [-0.25, -0.2) is 0 Å². The molecule has 41 heavy (non-hydrogen) atoms. The Labute approximate surface area is 239 Å². The van der Waals surface area contributed by atoms with E-state index in [0.717, 1.165) is 16.3 Å². The SMILES string of the molecule is CC(C=CC(=O)c1ccccc1CNC(=O)C(=O)NC/C=C/C(=O)N1CCC(C#N)C1)c1cccc2ccccc12. The number of allylic oxidation sites excluding steroid dienone is 2. The van der Waals surface area contributed by atoms with Gasteiger partial charge in [0.2, 0.25) is 5.91 Å². The first kappa shape index (κ1) is 29.0. The topological polar surface area (TPSA) is 119 Å². The van der Waals surface area contributed by atoms with Crippen LogP contribution in [-0.2, 0) is 20.9 Å². The molecular formula is C33H32N4O4. The van der Waals surface area contributed by atoms with Gasteiger partial charge < -0.3 is 15.5 Å². The number of fused-ring (bicyclic) bond motifs is 1. The van der Waals surface area contributed by atoms with Gasteiger partial charge >= 0.3 is 11.8 Å². The zero-order chi connectivity index (χ0) is 29.2. The number of carbonyl (C=O) groups is 4. The van der Waals surface area contributed by atoms with Crippen molar-refractivity contribution in [1.29, 1.82) is 5.26 Å². The molecule has 0 aromatic heterocycles. The number of nitrogens with one attached hydrogen (secondary N) is 2. The Morgan fingerprint density at radius 2 is 1.71 bits per heavy atom. The van der Waals surface area contributed by atoms with E-state index in [4.69, 9.17) is 5.26 Å². The fourth-order valence-electron chi connectivity index (χ4n) is 4.81. The molecule has 2 N–H and O–H groups in total.